The molecule has 10 heteroatoms. The molecule has 0 aliphatic carbocycles. The van der Waals surface area contributed by atoms with Crippen molar-refractivity contribution in [1.82, 2.24) is 14.7 Å². The third-order valence-electron chi connectivity index (χ3n) is 4.99. The molecule has 3 rings (SSSR count). The molecule has 1 aliphatic rings. The fourth-order valence-corrected chi connectivity index (χ4v) is 3.43. The Labute approximate surface area is 167 Å². The van der Waals surface area contributed by atoms with Crippen LogP contribution in [0, 0.1) is 0 Å². The highest BCUT2D eigenvalue weighted by Crippen LogP contribution is 2.30. The van der Waals surface area contributed by atoms with Gasteiger partial charge in [0.05, 0.1) is 18.5 Å². The van der Waals surface area contributed by atoms with Crippen LogP contribution in [0.25, 0.3) is 5.65 Å². The van der Waals surface area contributed by atoms with Crippen LogP contribution in [0.15, 0.2) is 17.1 Å². The minimum atomic E-state index is -0.922. The molecule has 1 saturated heterocycles. The number of anilines is 2. The van der Waals surface area contributed by atoms with E-state index < -0.39 is 23.0 Å². The highest BCUT2D eigenvalue weighted by Gasteiger charge is 2.28. The molecule has 0 unspecified atom stereocenters. The second-order valence-electron chi connectivity index (χ2n) is 6.72. The van der Waals surface area contributed by atoms with E-state index in [0.29, 0.717) is 43.9 Å². The zero-order chi connectivity index (χ0) is 21.1. The van der Waals surface area contributed by atoms with Gasteiger partial charge in [0.25, 0.3) is 0 Å². The highest BCUT2D eigenvalue weighted by molar-refractivity contribution is 6.00. The molecule has 0 bridgehead atoms. The monoisotopic (exact) mass is 403 g/mol. The van der Waals surface area contributed by atoms with Gasteiger partial charge < -0.3 is 25.0 Å². The number of esters is 1. The van der Waals surface area contributed by atoms with Crippen molar-refractivity contribution in [3.05, 3.63) is 28.3 Å². The van der Waals surface area contributed by atoms with Crippen LogP contribution in [0.2, 0.25) is 0 Å². The Morgan fingerprint density at radius 1 is 1.41 bits per heavy atom. The van der Waals surface area contributed by atoms with E-state index in [-0.39, 0.29) is 11.6 Å². The zero-order valence-electron chi connectivity index (χ0n) is 16.8. The molecule has 1 aliphatic heterocycles. The maximum Gasteiger partial charge on any atom is 0.360 e. The van der Waals surface area contributed by atoms with Gasteiger partial charge in [0.1, 0.15) is 0 Å². The van der Waals surface area contributed by atoms with Gasteiger partial charge in [0, 0.05) is 38.8 Å². The van der Waals surface area contributed by atoms with Crippen LogP contribution >= 0.6 is 0 Å². The molecule has 1 fully saturated rings. The fraction of sp³-hybridized carbons (Fsp3) is 0.474. The Morgan fingerprint density at radius 3 is 2.76 bits per heavy atom. The molecule has 0 saturated carbocycles. The van der Waals surface area contributed by atoms with Gasteiger partial charge in [-0.05, 0) is 26.5 Å². The van der Waals surface area contributed by atoms with Gasteiger partial charge in [-0.2, -0.15) is 0 Å². The Morgan fingerprint density at radius 2 is 2.17 bits per heavy atom. The third kappa shape index (κ3) is 3.75. The van der Waals surface area contributed by atoms with Crippen LogP contribution in [0.4, 0.5) is 11.4 Å². The van der Waals surface area contributed by atoms with Crippen LogP contribution in [-0.4, -0.2) is 66.7 Å². The molecular weight excluding hydrogens is 378 g/mol. The van der Waals surface area contributed by atoms with Crippen molar-refractivity contribution < 1.29 is 19.4 Å². The Kier molecular flexibility index (Phi) is 6.02. The summed E-state index contributed by atoms with van der Waals surface area (Å²) in [5.41, 5.74) is -0.0124. The van der Waals surface area contributed by atoms with Crippen molar-refractivity contribution >= 4 is 28.9 Å². The lowest BCUT2D eigenvalue weighted by Crippen LogP contribution is -2.32. The number of rotatable bonds is 7. The Bertz CT molecular complexity index is 1000. The van der Waals surface area contributed by atoms with Crippen molar-refractivity contribution in [3.8, 4) is 5.75 Å². The first kappa shape index (κ1) is 20.6. The summed E-state index contributed by atoms with van der Waals surface area (Å²) in [5.74, 6) is -1.79. The molecule has 0 radical (unpaired) electrons. The van der Waals surface area contributed by atoms with Gasteiger partial charge in [0.15, 0.2) is 11.3 Å². The van der Waals surface area contributed by atoms with Gasteiger partial charge in [0.2, 0.25) is 11.7 Å². The number of likely N-dealkylation sites (N-methyl/N-ethyl adjacent to an activating group) is 2. The molecule has 1 amide bonds. The predicted octanol–water partition coefficient (Wildman–Crippen LogP) is 0.359. The van der Waals surface area contributed by atoms with Crippen LogP contribution in [0.5, 0.6) is 5.75 Å². The van der Waals surface area contributed by atoms with Crippen molar-refractivity contribution in [2.45, 2.75) is 19.8 Å². The van der Waals surface area contributed by atoms with E-state index in [0.717, 1.165) is 13.7 Å². The summed E-state index contributed by atoms with van der Waals surface area (Å²) in [6, 6.07) is 1.79. The fourth-order valence-electron chi connectivity index (χ4n) is 3.43. The highest BCUT2D eigenvalue weighted by atomic mass is 16.5. The molecule has 2 aromatic heterocycles. The predicted molar refractivity (Wildman–Crippen MR) is 108 cm³/mol. The molecule has 0 spiro atoms. The molecule has 3 heterocycles. The van der Waals surface area contributed by atoms with E-state index in [9.17, 15) is 19.5 Å². The number of fused-ring (bicyclic) bond motifs is 1. The normalized spacial score (nSPS) is 13.9. The minimum absolute atomic E-state index is 0.0794. The summed E-state index contributed by atoms with van der Waals surface area (Å²) < 4.78 is 5.81. The molecule has 2 aromatic rings. The van der Waals surface area contributed by atoms with E-state index in [1.165, 1.54) is 4.40 Å². The quantitative estimate of drug-likeness (QED) is 0.637. The Hall–Kier alpha value is -3.14. The standard InChI is InChI=1S/C19H25N5O5/c1-4-22(9-7-20-2)12-10-13(23-8-5-6-14(23)25)17-21-15(19(28)29-3)16(26)18(27)24(17)11-12/h10-11,20,26H,4-9H2,1-3H3. The maximum absolute atomic E-state index is 12.8. The molecule has 29 heavy (non-hydrogen) atoms. The van der Waals surface area contributed by atoms with E-state index in [2.05, 4.69) is 15.0 Å². The van der Waals surface area contributed by atoms with Crippen molar-refractivity contribution in [1.29, 1.82) is 0 Å². The first-order chi connectivity index (χ1) is 13.9. The number of ether oxygens (including phenoxy) is 1. The number of methoxy groups -OCH3 is 1. The lowest BCUT2D eigenvalue weighted by Gasteiger charge is -2.26. The number of amides is 1. The molecule has 10 nitrogen and oxygen atoms in total. The molecule has 0 aromatic carbocycles. The largest absolute Gasteiger partial charge is 0.501 e. The number of carbonyl (C=O) groups excluding carboxylic acids is 2. The molecular formula is C19H25N5O5. The molecule has 0 atom stereocenters. The SMILES string of the molecule is CCN(CCNC)c1cc(N2CCCC2=O)c2nc(C(=O)OC)c(O)c(=O)n2c1. The third-order valence-corrected chi connectivity index (χ3v) is 4.99. The summed E-state index contributed by atoms with van der Waals surface area (Å²) in [7, 11) is 2.99. The number of hydrogen-bond acceptors (Lipinski definition) is 8. The minimum Gasteiger partial charge on any atom is -0.501 e. The second-order valence-corrected chi connectivity index (χ2v) is 6.72. The number of nitrogens with one attached hydrogen (secondary N) is 1. The lowest BCUT2D eigenvalue weighted by molar-refractivity contribution is -0.117. The van der Waals surface area contributed by atoms with Crippen molar-refractivity contribution in [2.75, 3.05) is 50.1 Å². The van der Waals surface area contributed by atoms with E-state index in [1.807, 2.05) is 18.9 Å². The first-order valence-corrected chi connectivity index (χ1v) is 9.50. The van der Waals surface area contributed by atoms with Crippen LogP contribution < -0.4 is 20.7 Å². The summed E-state index contributed by atoms with van der Waals surface area (Å²) in [6.07, 6.45) is 2.66. The average Bonchev–Trinajstić information content (AvgIpc) is 3.16. The van der Waals surface area contributed by atoms with Crippen LogP contribution in [0.3, 0.4) is 0 Å². The zero-order valence-corrected chi connectivity index (χ0v) is 16.8. The number of nitrogens with zero attached hydrogens (tertiary/aromatic N) is 4. The number of hydrogen-bond donors (Lipinski definition) is 2. The number of carbonyl (C=O) groups is 2. The van der Waals surface area contributed by atoms with Gasteiger partial charge in [-0.1, -0.05) is 0 Å². The first-order valence-electron chi connectivity index (χ1n) is 9.50. The van der Waals surface area contributed by atoms with Gasteiger partial charge in [-0.25, -0.2) is 9.78 Å². The van der Waals surface area contributed by atoms with Gasteiger partial charge >= 0.3 is 11.5 Å². The van der Waals surface area contributed by atoms with Crippen LogP contribution in [-0.2, 0) is 9.53 Å². The van der Waals surface area contributed by atoms with E-state index in [1.54, 1.807) is 17.2 Å². The molecule has 156 valence electrons. The van der Waals surface area contributed by atoms with Crippen molar-refractivity contribution in [3.63, 3.8) is 0 Å². The van der Waals surface area contributed by atoms with Crippen LogP contribution in [0.1, 0.15) is 30.3 Å². The number of aromatic hydroxyl groups is 1. The van der Waals surface area contributed by atoms with E-state index in [4.69, 9.17) is 0 Å². The summed E-state index contributed by atoms with van der Waals surface area (Å²) in [5, 5.41) is 13.3. The number of aromatic nitrogens is 2. The lowest BCUT2D eigenvalue weighted by atomic mass is 10.2. The summed E-state index contributed by atoms with van der Waals surface area (Å²) >= 11 is 0. The average molecular weight is 403 g/mol. The second kappa shape index (κ2) is 8.48. The number of pyridine rings is 1. The summed E-state index contributed by atoms with van der Waals surface area (Å²) in [4.78, 5) is 45.0. The topological polar surface area (TPSA) is 116 Å². The van der Waals surface area contributed by atoms with E-state index >= 15 is 0 Å². The summed E-state index contributed by atoms with van der Waals surface area (Å²) in [6.45, 7) is 4.56. The molecule has 2 N–H and O–H groups in total. The van der Waals surface area contributed by atoms with Crippen molar-refractivity contribution in [2.24, 2.45) is 0 Å². The van der Waals surface area contributed by atoms with Gasteiger partial charge in [-0.15, -0.1) is 0 Å². The maximum atomic E-state index is 12.8. The smallest absolute Gasteiger partial charge is 0.360 e. The van der Waals surface area contributed by atoms with Gasteiger partial charge in [-0.3, -0.25) is 14.0 Å². The Balaban J connectivity index is 2.29.